The summed E-state index contributed by atoms with van der Waals surface area (Å²) in [5, 5.41) is 0. The van der Waals surface area contributed by atoms with Crippen molar-refractivity contribution >= 4 is 0 Å². The predicted molar refractivity (Wildman–Crippen MR) is 80.8 cm³/mol. The highest BCUT2D eigenvalue weighted by Gasteiger charge is 2.68. The number of fused-ring (bicyclic) bond motifs is 9. The minimum Gasteiger partial charge on any atom is -0.0848 e. The first-order valence-electron chi connectivity index (χ1n) is 8.99. The SMILES string of the molecule is CCCCC1CC2CC1C1C3C=CC(C3)C21CCC. The molecular formula is C19H30. The first-order valence-corrected chi connectivity index (χ1v) is 8.99. The van der Waals surface area contributed by atoms with Crippen LogP contribution in [0.3, 0.4) is 0 Å². The van der Waals surface area contributed by atoms with Crippen LogP contribution in [0, 0.1) is 40.9 Å². The van der Waals surface area contributed by atoms with E-state index in [4.69, 9.17) is 0 Å². The van der Waals surface area contributed by atoms with E-state index in [0.717, 1.165) is 40.9 Å². The first-order chi connectivity index (χ1) is 9.31. The molecule has 0 heterocycles. The maximum absolute atomic E-state index is 2.62. The van der Waals surface area contributed by atoms with Crippen LogP contribution in [0.15, 0.2) is 12.2 Å². The van der Waals surface area contributed by atoms with Crippen LogP contribution in [-0.4, -0.2) is 0 Å². The Morgan fingerprint density at radius 2 is 1.95 bits per heavy atom. The van der Waals surface area contributed by atoms with E-state index in [-0.39, 0.29) is 0 Å². The van der Waals surface area contributed by atoms with E-state index < -0.39 is 0 Å². The van der Waals surface area contributed by atoms with Crippen LogP contribution in [0.5, 0.6) is 0 Å². The van der Waals surface area contributed by atoms with Gasteiger partial charge in [0.05, 0.1) is 0 Å². The second kappa shape index (κ2) is 4.37. The molecule has 106 valence electrons. The number of hydrogen-bond donors (Lipinski definition) is 0. The summed E-state index contributed by atoms with van der Waals surface area (Å²) in [6.07, 6.45) is 17.3. The van der Waals surface area contributed by atoms with Crippen molar-refractivity contribution in [2.24, 2.45) is 40.9 Å². The third kappa shape index (κ3) is 1.47. The van der Waals surface area contributed by atoms with Gasteiger partial charge in [-0.05, 0) is 66.6 Å². The zero-order valence-electron chi connectivity index (χ0n) is 12.8. The molecule has 0 amide bonds. The molecule has 0 nitrogen and oxygen atoms in total. The van der Waals surface area contributed by atoms with Gasteiger partial charge in [-0.1, -0.05) is 51.7 Å². The Bertz CT molecular complexity index is 381. The normalized spacial score (nSPS) is 53.2. The fourth-order valence-corrected chi connectivity index (χ4v) is 7.15. The monoisotopic (exact) mass is 258 g/mol. The summed E-state index contributed by atoms with van der Waals surface area (Å²) in [7, 11) is 0. The van der Waals surface area contributed by atoms with Crippen molar-refractivity contribution in [2.75, 3.05) is 0 Å². The van der Waals surface area contributed by atoms with Gasteiger partial charge in [0.25, 0.3) is 0 Å². The van der Waals surface area contributed by atoms with E-state index >= 15 is 0 Å². The van der Waals surface area contributed by atoms with Crippen LogP contribution in [0.1, 0.15) is 65.2 Å². The molecule has 0 heteroatoms. The van der Waals surface area contributed by atoms with Gasteiger partial charge in [0, 0.05) is 0 Å². The summed E-state index contributed by atoms with van der Waals surface area (Å²) in [5.41, 5.74) is 0.779. The molecule has 0 spiro atoms. The molecule has 3 saturated carbocycles. The third-order valence-corrected chi connectivity index (χ3v) is 7.47. The predicted octanol–water partition coefficient (Wildman–Crippen LogP) is 5.44. The molecule has 7 atom stereocenters. The highest BCUT2D eigenvalue weighted by atomic mass is 14.7. The van der Waals surface area contributed by atoms with Crippen LogP contribution in [0.25, 0.3) is 0 Å². The van der Waals surface area contributed by atoms with E-state index in [2.05, 4.69) is 26.0 Å². The number of hydrogen-bond acceptors (Lipinski definition) is 0. The minimum atomic E-state index is 0.779. The van der Waals surface area contributed by atoms with Crippen molar-refractivity contribution in [2.45, 2.75) is 65.2 Å². The Labute approximate surface area is 119 Å². The molecule has 4 rings (SSSR count). The second-order valence-corrected chi connectivity index (χ2v) is 8.01. The van der Waals surface area contributed by atoms with Crippen LogP contribution < -0.4 is 0 Å². The number of allylic oxidation sites excluding steroid dienone is 2. The summed E-state index contributed by atoms with van der Waals surface area (Å²) in [5.74, 6) is 6.38. The lowest BCUT2D eigenvalue weighted by Gasteiger charge is -2.48. The average Bonchev–Trinajstić information content (AvgIpc) is 3.13. The maximum Gasteiger partial charge on any atom is -0.0165 e. The molecule has 0 aromatic carbocycles. The molecule has 4 bridgehead atoms. The van der Waals surface area contributed by atoms with Crippen molar-refractivity contribution in [1.82, 2.24) is 0 Å². The molecule has 0 radical (unpaired) electrons. The first kappa shape index (κ1) is 12.5. The summed E-state index contributed by atoms with van der Waals surface area (Å²) in [6, 6.07) is 0. The Balaban J connectivity index is 1.62. The van der Waals surface area contributed by atoms with E-state index in [9.17, 15) is 0 Å². The van der Waals surface area contributed by atoms with Crippen molar-refractivity contribution in [1.29, 1.82) is 0 Å². The lowest BCUT2D eigenvalue weighted by Crippen LogP contribution is -2.42. The van der Waals surface area contributed by atoms with Gasteiger partial charge < -0.3 is 0 Å². The quantitative estimate of drug-likeness (QED) is 0.455. The molecule has 0 aromatic heterocycles. The van der Waals surface area contributed by atoms with Gasteiger partial charge in [-0.3, -0.25) is 0 Å². The molecule has 0 aliphatic heterocycles. The van der Waals surface area contributed by atoms with E-state index in [1.54, 1.807) is 12.8 Å². The average molecular weight is 258 g/mol. The van der Waals surface area contributed by atoms with Gasteiger partial charge in [-0.15, -0.1) is 0 Å². The van der Waals surface area contributed by atoms with Crippen molar-refractivity contribution in [3.05, 3.63) is 12.2 Å². The fraction of sp³-hybridized carbons (Fsp3) is 0.895. The standard InChI is InChI=1S/C19H30/c1-3-5-6-13-10-16-12-17(13)18-14-7-8-15(11-14)19(16,18)9-4-2/h7-8,13-18H,3-6,9-12H2,1-2H3. The topological polar surface area (TPSA) is 0 Å². The van der Waals surface area contributed by atoms with Gasteiger partial charge in [-0.25, -0.2) is 0 Å². The smallest absolute Gasteiger partial charge is 0.0165 e. The Morgan fingerprint density at radius 1 is 1.05 bits per heavy atom. The molecule has 19 heavy (non-hydrogen) atoms. The van der Waals surface area contributed by atoms with E-state index in [1.165, 1.54) is 38.5 Å². The molecule has 4 aliphatic carbocycles. The van der Waals surface area contributed by atoms with Crippen LogP contribution in [0.4, 0.5) is 0 Å². The summed E-state index contributed by atoms with van der Waals surface area (Å²) >= 11 is 0. The van der Waals surface area contributed by atoms with Crippen LogP contribution >= 0.6 is 0 Å². The lowest BCUT2D eigenvalue weighted by molar-refractivity contribution is 0.0240. The minimum absolute atomic E-state index is 0.779. The Hall–Kier alpha value is -0.260. The zero-order chi connectivity index (χ0) is 13.0. The van der Waals surface area contributed by atoms with Gasteiger partial charge in [0.1, 0.15) is 0 Å². The van der Waals surface area contributed by atoms with E-state index in [1.807, 2.05) is 0 Å². The summed E-state index contributed by atoms with van der Waals surface area (Å²) in [4.78, 5) is 0. The highest BCUT2D eigenvalue weighted by molar-refractivity contribution is 5.26. The molecule has 4 aliphatic rings. The van der Waals surface area contributed by atoms with Crippen molar-refractivity contribution in [3.63, 3.8) is 0 Å². The molecule has 7 unspecified atom stereocenters. The second-order valence-electron chi connectivity index (χ2n) is 8.01. The third-order valence-electron chi connectivity index (χ3n) is 7.47. The van der Waals surface area contributed by atoms with Crippen LogP contribution in [-0.2, 0) is 0 Å². The highest BCUT2D eigenvalue weighted by Crippen LogP contribution is 2.75. The van der Waals surface area contributed by atoms with Gasteiger partial charge in [0.15, 0.2) is 0 Å². The maximum atomic E-state index is 2.62. The number of unbranched alkanes of at least 4 members (excludes halogenated alkanes) is 1. The van der Waals surface area contributed by atoms with Gasteiger partial charge in [-0.2, -0.15) is 0 Å². The summed E-state index contributed by atoms with van der Waals surface area (Å²) < 4.78 is 0. The fourth-order valence-electron chi connectivity index (χ4n) is 7.15. The largest absolute Gasteiger partial charge is 0.0848 e. The molecular weight excluding hydrogens is 228 g/mol. The summed E-state index contributed by atoms with van der Waals surface area (Å²) in [6.45, 7) is 4.77. The molecule has 3 fully saturated rings. The van der Waals surface area contributed by atoms with Crippen molar-refractivity contribution in [3.8, 4) is 0 Å². The molecule has 0 aromatic rings. The Kier molecular flexibility index (Phi) is 2.87. The van der Waals surface area contributed by atoms with Crippen molar-refractivity contribution < 1.29 is 0 Å². The molecule has 0 saturated heterocycles. The lowest BCUT2D eigenvalue weighted by atomic mass is 9.56. The number of rotatable bonds is 5. The van der Waals surface area contributed by atoms with E-state index in [0.29, 0.717) is 0 Å². The van der Waals surface area contributed by atoms with Crippen LogP contribution in [0.2, 0.25) is 0 Å². The molecule has 0 N–H and O–H groups in total. The van der Waals surface area contributed by atoms with Gasteiger partial charge >= 0.3 is 0 Å². The van der Waals surface area contributed by atoms with Gasteiger partial charge in [0.2, 0.25) is 0 Å². The zero-order valence-corrected chi connectivity index (χ0v) is 12.8. The Morgan fingerprint density at radius 3 is 2.74 bits per heavy atom.